The van der Waals surface area contributed by atoms with E-state index in [-0.39, 0.29) is 6.04 Å². The van der Waals surface area contributed by atoms with E-state index >= 15 is 0 Å². The Bertz CT molecular complexity index is 566. The molecular formula is C16H21NO4. The molecule has 0 saturated heterocycles. The van der Waals surface area contributed by atoms with E-state index in [0.717, 1.165) is 17.1 Å². The van der Waals surface area contributed by atoms with Crippen LogP contribution in [0.4, 0.5) is 0 Å². The average Bonchev–Trinajstić information content (AvgIpc) is 3.06. The minimum absolute atomic E-state index is 0.109. The third-order valence-electron chi connectivity index (χ3n) is 3.36. The molecule has 0 amide bonds. The topological polar surface area (TPSA) is 52.9 Å². The minimum atomic E-state index is 0.109. The van der Waals surface area contributed by atoms with Crippen molar-refractivity contribution in [1.29, 1.82) is 0 Å². The van der Waals surface area contributed by atoms with Crippen LogP contribution < -0.4 is 19.5 Å². The summed E-state index contributed by atoms with van der Waals surface area (Å²) < 4.78 is 21.4. The molecule has 0 saturated carbocycles. The lowest BCUT2D eigenvalue weighted by Gasteiger charge is -2.16. The molecule has 2 rings (SSSR count). The van der Waals surface area contributed by atoms with Gasteiger partial charge in [-0.05, 0) is 25.1 Å². The smallest absolute Gasteiger partial charge is 0.164 e. The van der Waals surface area contributed by atoms with Gasteiger partial charge >= 0.3 is 0 Å². The second-order valence-electron chi connectivity index (χ2n) is 4.64. The first-order valence-corrected chi connectivity index (χ1v) is 6.75. The summed E-state index contributed by atoms with van der Waals surface area (Å²) in [7, 11) is 4.86. The molecule has 0 radical (unpaired) electrons. The zero-order chi connectivity index (χ0) is 15.2. The van der Waals surface area contributed by atoms with Crippen LogP contribution in [-0.4, -0.2) is 21.3 Å². The van der Waals surface area contributed by atoms with Gasteiger partial charge in [0.1, 0.15) is 11.5 Å². The molecule has 1 atom stereocenters. The first-order valence-electron chi connectivity index (χ1n) is 6.75. The Morgan fingerprint density at radius 2 is 1.71 bits per heavy atom. The largest absolute Gasteiger partial charge is 0.496 e. The quantitative estimate of drug-likeness (QED) is 0.849. The molecule has 114 valence electrons. The standard InChI is InChI=1S/C16H21NO4/c1-11(13-6-5-7-21-13)17-10-12-8-15(19-3)16(20-4)9-14(12)18-2/h5-9,11,17H,10H2,1-4H3/t11-/m0/s1. The van der Waals surface area contributed by atoms with Gasteiger partial charge in [-0.3, -0.25) is 0 Å². The lowest BCUT2D eigenvalue weighted by atomic mass is 10.1. The second kappa shape index (κ2) is 7.04. The lowest BCUT2D eigenvalue weighted by molar-refractivity contribution is 0.346. The van der Waals surface area contributed by atoms with Gasteiger partial charge in [-0.15, -0.1) is 0 Å². The van der Waals surface area contributed by atoms with Crippen LogP contribution in [-0.2, 0) is 6.54 Å². The maximum Gasteiger partial charge on any atom is 0.164 e. The highest BCUT2D eigenvalue weighted by Crippen LogP contribution is 2.34. The second-order valence-corrected chi connectivity index (χ2v) is 4.64. The zero-order valence-corrected chi connectivity index (χ0v) is 12.8. The fourth-order valence-electron chi connectivity index (χ4n) is 2.13. The van der Waals surface area contributed by atoms with Crippen LogP contribution in [0.2, 0.25) is 0 Å². The van der Waals surface area contributed by atoms with Crippen LogP contribution in [0.5, 0.6) is 17.2 Å². The van der Waals surface area contributed by atoms with Gasteiger partial charge in [0.05, 0.1) is 33.6 Å². The summed E-state index contributed by atoms with van der Waals surface area (Å²) in [4.78, 5) is 0. The highest BCUT2D eigenvalue weighted by molar-refractivity contribution is 5.50. The van der Waals surface area contributed by atoms with Gasteiger partial charge in [0.25, 0.3) is 0 Å². The molecule has 0 unspecified atom stereocenters. The summed E-state index contributed by atoms with van der Waals surface area (Å²) in [5.74, 6) is 2.99. The summed E-state index contributed by atoms with van der Waals surface area (Å²) in [6, 6.07) is 7.68. The number of methoxy groups -OCH3 is 3. The van der Waals surface area contributed by atoms with Gasteiger partial charge in [-0.1, -0.05) is 0 Å². The van der Waals surface area contributed by atoms with Crippen LogP contribution in [0.15, 0.2) is 34.9 Å². The van der Waals surface area contributed by atoms with E-state index in [1.807, 2.05) is 31.2 Å². The van der Waals surface area contributed by atoms with Gasteiger partial charge in [0.2, 0.25) is 0 Å². The molecule has 5 heteroatoms. The third kappa shape index (κ3) is 3.49. The Morgan fingerprint density at radius 3 is 2.29 bits per heavy atom. The Balaban J connectivity index is 2.15. The van der Waals surface area contributed by atoms with Gasteiger partial charge in [-0.25, -0.2) is 0 Å². The van der Waals surface area contributed by atoms with E-state index in [9.17, 15) is 0 Å². The van der Waals surface area contributed by atoms with Crippen LogP contribution in [0.3, 0.4) is 0 Å². The fraction of sp³-hybridized carbons (Fsp3) is 0.375. The van der Waals surface area contributed by atoms with Crippen LogP contribution in [0, 0.1) is 0 Å². The van der Waals surface area contributed by atoms with E-state index in [4.69, 9.17) is 18.6 Å². The predicted octanol–water partition coefficient (Wildman–Crippen LogP) is 3.16. The number of hydrogen-bond acceptors (Lipinski definition) is 5. The molecule has 1 aromatic carbocycles. The van der Waals surface area contributed by atoms with Crippen molar-refractivity contribution in [3.63, 3.8) is 0 Å². The van der Waals surface area contributed by atoms with Crippen molar-refractivity contribution in [1.82, 2.24) is 5.32 Å². The normalized spacial score (nSPS) is 12.0. The number of rotatable bonds is 7. The molecule has 0 aliphatic carbocycles. The molecule has 5 nitrogen and oxygen atoms in total. The number of furan rings is 1. The monoisotopic (exact) mass is 291 g/mol. The Labute approximate surface area is 124 Å². The van der Waals surface area contributed by atoms with Crippen molar-refractivity contribution in [3.05, 3.63) is 41.9 Å². The summed E-state index contributed by atoms with van der Waals surface area (Å²) in [6.45, 7) is 2.68. The molecule has 0 aliphatic heterocycles. The molecule has 0 spiro atoms. The first-order chi connectivity index (χ1) is 10.2. The van der Waals surface area contributed by atoms with Crippen molar-refractivity contribution >= 4 is 0 Å². The molecule has 21 heavy (non-hydrogen) atoms. The average molecular weight is 291 g/mol. The molecular weight excluding hydrogens is 270 g/mol. The molecule has 0 aliphatic rings. The highest BCUT2D eigenvalue weighted by Gasteiger charge is 2.13. The van der Waals surface area contributed by atoms with Crippen molar-refractivity contribution in [3.8, 4) is 17.2 Å². The van der Waals surface area contributed by atoms with E-state index in [1.54, 1.807) is 27.6 Å². The maximum absolute atomic E-state index is 5.41. The summed E-state index contributed by atoms with van der Waals surface area (Å²) in [5, 5.41) is 3.39. The van der Waals surface area contributed by atoms with Crippen molar-refractivity contribution in [2.24, 2.45) is 0 Å². The van der Waals surface area contributed by atoms with Gasteiger partial charge in [0, 0.05) is 18.2 Å². The SMILES string of the molecule is COc1cc(OC)c(OC)cc1CN[C@@H](C)c1ccco1. The summed E-state index contributed by atoms with van der Waals surface area (Å²) in [6.07, 6.45) is 1.67. The van der Waals surface area contributed by atoms with Gasteiger partial charge < -0.3 is 23.9 Å². The van der Waals surface area contributed by atoms with Crippen LogP contribution >= 0.6 is 0 Å². The lowest BCUT2D eigenvalue weighted by Crippen LogP contribution is -2.18. The van der Waals surface area contributed by atoms with E-state index < -0.39 is 0 Å². The molecule has 0 bridgehead atoms. The minimum Gasteiger partial charge on any atom is -0.496 e. The number of nitrogens with one attached hydrogen (secondary N) is 1. The first kappa shape index (κ1) is 15.3. The molecule has 1 heterocycles. The molecule has 1 N–H and O–H groups in total. The zero-order valence-electron chi connectivity index (χ0n) is 12.8. The summed E-state index contributed by atoms with van der Waals surface area (Å²) >= 11 is 0. The Kier molecular flexibility index (Phi) is 5.11. The van der Waals surface area contributed by atoms with Crippen molar-refractivity contribution < 1.29 is 18.6 Å². The van der Waals surface area contributed by atoms with Crippen LogP contribution in [0.25, 0.3) is 0 Å². The fourth-order valence-corrected chi connectivity index (χ4v) is 2.13. The van der Waals surface area contributed by atoms with Crippen molar-refractivity contribution in [2.45, 2.75) is 19.5 Å². The molecule has 2 aromatic rings. The summed E-state index contributed by atoms with van der Waals surface area (Å²) in [5.41, 5.74) is 0.994. The predicted molar refractivity (Wildman–Crippen MR) is 80.1 cm³/mol. The number of ether oxygens (including phenoxy) is 3. The van der Waals surface area contributed by atoms with Crippen LogP contribution in [0.1, 0.15) is 24.3 Å². The van der Waals surface area contributed by atoms with E-state index in [0.29, 0.717) is 18.0 Å². The third-order valence-corrected chi connectivity index (χ3v) is 3.36. The van der Waals surface area contributed by atoms with E-state index in [1.165, 1.54) is 0 Å². The van der Waals surface area contributed by atoms with Gasteiger partial charge in [-0.2, -0.15) is 0 Å². The molecule has 0 fully saturated rings. The van der Waals surface area contributed by atoms with Gasteiger partial charge in [0.15, 0.2) is 11.5 Å². The number of benzene rings is 1. The number of hydrogen-bond donors (Lipinski definition) is 1. The van der Waals surface area contributed by atoms with Crippen molar-refractivity contribution in [2.75, 3.05) is 21.3 Å². The Hall–Kier alpha value is -2.14. The Morgan fingerprint density at radius 1 is 1.05 bits per heavy atom. The van der Waals surface area contributed by atoms with E-state index in [2.05, 4.69) is 5.32 Å². The molecule has 1 aromatic heterocycles. The highest BCUT2D eigenvalue weighted by atomic mass is 16.5. The maximum atomic E-state index is 5.41.